The van der Waals surface area contributed by atoms with Crippen molar-refractivity contribution in [2.45, 2.75) is 45.3 Å². The second-order valence-electron chi connectivity index (χ2n) is 4.49. The van der Waals surface area contributed by atoms with Crippen LogP contribution in [0.4, 0.5) is 0 Å². The standard InChI is InChI=1S/C12H23N3O/c1-9-7-12(15(3)14-9)8-11(13)6-5-10(2)16-4/h7,10-11H,5-6,8,13H2,1-4H3. The predicted molar refractivity (Wildman–Crippen MR) is 65.3 cm³/mol. The van der Waals surface area contributed by atoms with E-state index in [1.807, 2.05) is 18.7 Å². The van der Waals surface area contributed by atoms with Crippen LogP contribution in [0.25, 0.3) is 0 Å². The van der Waals surface area contributed by atoms with Crippen LogP contribution in [0.3, 0.4) is 0 Å². The molecule has 1 aromatic heterocycles. The van der Waals surface area contributed by atoms with E-state index in [1.165, 1.54) is 5.69 Å². The van der Waals surface area contributed by atoms with E-state index in [2.05, 4.69) is 18.1 Å². The molecule has 0 saturated heterocycles. The fourth-order valence-electron chi connectivity index (χ4n) is 1.79. The molecular weight excluding hydrogens is 202 g/mol. The van der Waals surface area contributed by atoms with Crippen molar-refractivity contribution in [1.29, 1.82) is 0 Å². The fraction of sp³-hybridized carbons (Fsp3) is 0.750. The first-order valence-electron chi connectivity index (χ1n) is 5.80. The molecule has 0 spiro atoms. The molecule has 1 heterocycles. The summed E-state index contributed by atoms with van der Waals surface area (Å²) in [6.07, 6.45) is 3.17. The second-order valence-corrected chi connectivity index (χ2v) is 4.49. The lowest BCUT2D eigenvalue weighted by molar-refractivity contribution is 0.107. The molecule has 4 nitrogen and oxygen atoms in total. The highest BCUT2D eigenvalue weighted by atomic mass is 16.5. The van der Waals surface area contributed by atoms with Gasteiger partial charge in [-0.25, -0.2) is 0 Å². The molecule has 0 amide bonds. The van der Waals surface area contributed by atoms with Crippen LogP contribution in [-0.2, 0) is 18.2 Å². The molecular formula is C12H23N3O. The lowest BCUT2D eigenvalue weighted by atomic mass is 10.0. The van der Waals surface area contributed by atoms with Gasteiger partial charge in [-0.15, -0.1) is 0 Å². The predicted octanol–water partition coefficient (Wildman–Crippen LogP) is 1.41. The summed E-state index contributed by atoms with van der Waals surface area (Å²) in [4.78, 5) is 0. The molecule has 0 saturated carbocycles. The second kappa shape index (κ2) is 6.01. The van der Waals surface area contributed by atoms with Crippen molar-refractivity contribution in [3.63, 3.8) is 0 Å². The minimum atomic E-state index is 0.187. The molecule has 0 aromatic carbocycles. The van der Waals surface area contributed by atoms with Crippen LogP contribution < -0.4 is 5.73 Å². The molecule has 0 radical (unpaired) electrons. The molecule has 4 heteroatoms. The lowest BCUT2D eigenvalue weighted by Crippen LogP contribution is -2.25. The van der Waals surface area contributed by atoms with Crippen LogP contribution in [0.2, 0.25) is 0 Å². The summed E-state index contributed by atoms with van der Waals surface area (Å²) < 4.78 is 7.12. The van der Waals surface area contributed by atoms with Crippen LogP contribution in [0.1, 0.15) is 31.2 Å². The normalized spacial score (nSPS) is 15.1. The number of aromatic nitrogens is 2. The smallest absolute Gasteiger partial charge is 0.0596 e. The molecule has 2 N–H and O–H groups in total. The van der Waals surface area contributed by atoms with Gasteiger partial charge in [0.2, 0.25) is 0 Å². The molecule has 0 bridgehead atoms. The summed E-state index contributed by atoms with van der Waals surface area (Å²) >= 11 is 0. The van der Waals surface area contributed by atoms with Crippen LogP contribution in [0.15, 0.2) is 6.07 Å². The van der Waals surface area contributed by atoms with Crippen molar-refractivity contribution in [2.75, 3.05) is 7.11 Å². The van der Waals surface area contributed by atoms with Gasteiger partial charge in [-0.2, -0.15) is 5.10 Å². The van der Waals surface area contributed by atoms with Crippen LogP contribution in [0, 0.1) is 6.92 Å². The quantitative estimate of drug-likeness (QED) is 0.796. The van der Waals surface area contributed by atoms with Gasteiger partial charge in [0, 0.05) is 32.3 Å². The minimum Gasteiger partial charge on any atom is -0.382 e. The van der Waals surface area contributed by atoms with E-state index < -0.39 is 0 Å². The number of aryl methyl sites for hydroxylation is 2. The Morgan fingerprint density at radius 3 is 2.69 bits per heavy atom. The van der Waals surface area contributed by atoms with Gasteiger partial charge < -0.3 is 10.5 Å². The Hall–Kier alpha value is -0.870. The number of hydrogen-bond acceptors (Lipinski definition) is 3. The molecule has 16 heavy (non-hydrogen) atoms. The van der Waals surface area contributed by atoms with Crippen LogP contribution in [-0.4, -0.2) is 29.0 Å². The van der Waals surface area contributed by atoms with Gasteiger partial charge in [0.15, 0.2) is 0 Å². The van der Waals surface area contributed by atoms with E-state index in [4.69, 9.17) is 10.5 Å². The van der Waals surface area contributed by atoms with Gasteiger partial charge >= 0.3 is 0 Å². The van der Waals surface area contributed by atoms with E-state index in [0.29, 0.717) is 6.10 Å². The van der Waals surface area contributed by atoms with Gasteiger partial charge in [-0.1, -0.05) is 0 Å². The van der Waals surface area contributed by atoms with E-state index in [1.54, 1.807) is 7.11 Å². The largest absolute Gasteiger partial charge is 0.382 e. The van der Waals surface area contributed by atoms with E-state index in [-0.39, 0.29) is 6.04 Å². The third-order valence-electron chi connectivity index (χ3n) is 2.92. The Morgan fingerprint density at radius 2 is 2.19 bits per heavy atom. The van der Waals surface area contributed by atoms with Crippen molar-refractivity contribution < 1.29 is 4.74 Å². The number of nitrogens with zero attached hydrogens (tertiary/aromatic N) is 2. The highest BCUT2D eigenvalue weighted by Gasteiger charge is 2.10. The molecule has 0 aliphatic rings. The molecule has 2 atom stereocenters. The van der Waals surface area contributed by atoms with Gasteiger partial charge in [0.05, 0.1) is 11.8 Å². The fourth-order valence-corrected chi connectivity index (χ4v) is 1.79. The Balaban J connectivity index is 2.39. The Labute approximate surface area is 97.8 Å². The Morgan fingerprint density at radius 1 is 1.50 bits per heavy atom. The van der Waals surface area contributed by atoms with Crippen molar-refractivity contribution in [3.05, 3.63) is 17.5 Å². The summed E-state index contributed by atoms with van der Waals surface area (Å²) in [5.74, 6) is 0. The average molecular weight is 225 g/mol. The Bertz CT molecular complexity index is 322. The molecule has 1 aromatic rings. The van der Waals surface area contributed by atoms with Gasteiger partial charge in [-0.05, 0) is 32.8 Å². The monoisotopic (exact) mass is 225 g/mol. The topological polar surface area (TPSA) is 53.1 Å². The van der Waals surface area contributed by atoms with Crippen molar-refractivity contribution >= 4 is 0 Å². The van der Waals surface area contributed by atoms with Crippen molar-refractivity contribution in [1.82, 2.24) is 9.78 Å². The van der Waals surface area contributed by atoms with E-state index >= 15 is 0 Å². The van der Waals surface area contributed by atoms with Crippen molar-refractivity contribution in [2.24, 2.45) is 12.8 Å². The minimum absolute atomic E-state index is 0.187. The Kier molecular flexibility index (Phi) is 4.96. The first-order valence-corrected chi connectivity index (χ1v) is 5.80. The molecule has 2 unspecified atom stereocenters. The zero-order valence-corrected chi connectivity index (χ0v) is 10.7. The van der Waals surface area contributed by atoms with Crippen molar-refractivity contribution in [3.8, 4) is 0 Å². The molecule has 0 aliphatic heterocycles. The zero-order chi connectivity index (χ0) is 12.1. The van der Waals surface area contributed by atoms with Crippen LogP contribution >= 0.6 is 0 Å². The number of hydrogen-bond donors (Lipinski definition) is 1. The first kappa shape index (κ1) is 13.2. The SMILES string of the molecule is COC(C)CCC(N)Cc1cc(C)nn1C. The molecule has 0 fully saturated rings. The first-order chi connectivity index (χ1) is 7.52. The number of ether oxygens (including phenoxy) is 1. The third-order valence-corrected chi connectivity index (χ3v) is 2.92. The molecule has 1 rings (SSSR count). The maximum Gasteiger partial charge on any atom is 0.0596 e. The van der Waals surface area contributed by atoms with E-state index in [0.717, 1.165) is 25.0 Å². The maximum atomic E-state index is 6.09. The summed E-state index contributed by atoms with van der Waals surface area (Å²) in [6, 6.07) is 2.28. The van der Waals surface area contributed by atoms with Gasteiger partial charge in [0.1, 0.15) is 0 Å². The number of rotatable bonds is 6. The zero-order valence-electron chi connectivity index (χ0n) is 10.7. The molecule has 0 aliphatic carbocycles. The molecule has 92 valence electrons. The summed E-state index contributed by atoms with van der Waals surface area (Å²) in [5, 5.41) is 4.31. The summed E-state index contributed by atoms with van der Waals surface area (Å²) in [7, 11) is 3.70. The summed E-state index contributed by atoms with van der Waals surface area (Å²) in [5.41, 5.74) is 8.34. The highest BCUT2D eigenvalue weighted by molar-refractivity contribution is 5.09. The van der Waals surface area contributed by atoms with Crippen LogP contribution in [0.5, 0.6) is 0 Å². The van der Waals surface area contributed by atoms with Gasteiger partial charge in [-0.3, -0.25) is 4.68 Å². The third kappa shape index (κ3) is 3.94. The number of methoxy groups -OCH3 is 1. The van der Waals surface area contributed by atoms with E-state index in [9.17, 15) is 0 Å². The average Bonchev–Trinajstić information content (AvgIpc) is 2.54. The maximum absolute atomic E-state index is 6.09. The number of nitrogens with two attached hydrogens (primary N) is 1. The summed E-state index contributed by atoms with van der Waals surface area (Å²) in [6.45, 7) is 4.07. The highest BCUT2D eigenvalue weighted by Crippen LogP contribution is 2.09. The lowest BCUT2D eigenvalue weighted by Gasteiger charge is -2.14. The van der Waals surface area contributed by atoms with Gasteiger partial charge in [0.25, 0.3) is 0 Å².